The molecule has 20 heavy (non-hydrogen) atoms. The largest absolute Gasteiger partial charge is 0.316 e. The summed E-state index contributed by atoms with van der Waals surface area (Å²) >= 11 is 6.28. The second kappa shape index (κ2) is 7.42. The molecule has 1 aliphatic carbocycles. The maximum absolute atomic E-state index is 14.2. The van der Waals surface area contributed by atoms with Gasteiger partial charge in [-0.1, -0.05) is 44.4 Å². The smallest absolute Gasteiger partial charge is 0.128 e. The zero-order chi connectivity index (χ0) is 14.5. The van der Waals surface area contributed by atoms with E-state index in [1.807, 2.05) is 6.07 Å². The second-order valence-electron chi connectivity index (χ2n) is 6.34. The molecule has 1 fully saturated rings. The Kier molecular flexibility index (Phi) is 5.86. The molecule has 3 heteroatoms. The Morgan fingerprint density at radius 3 is 2.55 bits per heavy atom. The highest BCUT2D eigenvalue weighted by atomic mass is 35.5. The van der Waals surface area contributed by atoms with Gasteiger partial charge in [-0.2, -0.15) is 0 Å². The Hall–Kier alpha value is -0.600. The Bertz CT molecular complexity index is 407. The second-order valence-corrected chi connectivity index (χ2v) is 6.75. The zero-order valence-corrected chi connectivity index (χ0v) is 13.2. The molecule has 1 unspecified atom stereocenters. The first kappa shape index (κ1) is 15.8. The third-order valence-corrected chi connectivity index (χ3v) is 4.59. The van der Waals surface area contributed by atoms with Gasteiger partial charge in [0.05, 0.1) is 0 Å². The Morgan fingerprint density at radius 1 is 1.25 bits per heavy atom. The Labute approximate surface area is 126 Å². The molecule has 0 amide bonds. The van der Waals surface area contributed by atoms with Crippen molar-refractivity contribution < 1.29 is 4.39 Å². The summed E-state index contributed by atoms with van der Waals surface area (Å²) in [5, 5.41) is 4.07. The van der Waals surface area contributed by atoms with E-state index in [1.54, 1.807) is 6.07 Å². The highest BCUT2D eigenvalue weighted by molar-refractivity contribution is 6.31. The van der Waals surface area contributed by atoms with E-state index < -0.39 is 0 Å². The summed E-state index contributed by atoms with van der Waals surface area (Å²) in [6, 6.07) is 5.03. The number of halogens is 2. The molecule has 1 aromatic rings. The predicted octanol–water partition coefficient (Wildman–Crippen LogP) is 5.00. The van der Waals surface area contributed by atoms with Crippen molar-refractivity contribution in [2.45, 2.75) is 45.4 Å². The van der Waals surface area contributed by atoms with Crippen molar-refractivity contribution in [3.63, 3.8) is 0 Å². The van der Waals surface area contributed by atoms with Gasteiger partial charge in [0.15, 0.2) is 0 Å². The molecular weight excluding hydrogens is 273 g/mol. The van der Waals surface area contributed by atoms with E-state index in [1.165, 1.54) is 31.7 Å². The summed E-state index contributed by atoms with van der Waals surface area (Å²) in [6.07, 6.45) is 4.91. The molecule has 0 aliphatic heterocycles. The van der Waals surface area contributed by atoms with E-state index in [0.29, 0.717) is 16.9 Å². The fourth-order valence-corrected chi connectivity index (χ4v) is 3.56. The SMILES string of the molecule is CC(C)CNCC(c1c(F)cccc1Cl)C1CCCC1. The summed E-state index contributed by atoms with van der Waals surface area (Å²) in [6.45, 7) is 6.17. The fourth-order valence-electron chi connectivity index (χ4n) is 3.26. The molecule has 2 rings (SSSR count). The minimum absolute atomic E-state index is 0.152. The minimum Gasteiger partial charge on any atom is -0.316 e. The first-order valence-corrected chi connectivity index (χ1v) is 8.12. The van der Waals surface area contributed by atoms with Gasteiger partial charge in [-0.15, -0.1) is 0 Å². The molecule has 0 spiro atoms. The van der Waals surface area contributed by atoms with E-state index in [9.17, 15) is 4.39 Å². The highest BCUT2D eigenvalue weighted by Gasteiger charge is 2.29. The molecule has 1 atom stereocenters. The van der Waals surface area contributed by atoms with Crippen LogP contribution in [0.25, 0.3) is 0 Å². The van der Waals surface area contributed by atoms with Crippen molar-refractivity contribution in [3.05, 3.63) is 34.6 Å². The van der Waals surface area contributed by atoms with E-state index in [0.717, 1.165) is 18.7 Å². The van der Waals surface area contributed by atoms with Gasteiger partial charge >= 0.3 is 0 Å². The van der Waals surface area contributed by atoms with Crippen LogP contribution in [0.5, 0.6) is 0 Å². The number of rotatable bonds is 6. The normalized spacial score (nSPS) is 17.9. The lowest BCUT2D eigenvalue weighted by Crippen LogP contribution is -2.29. The van der Waals surface area contributed by atoms with Crippen LogP contribution in [0.15, 0.2) is 18.2 Å². The topological polar surface area (TPSA) is 12.0 Å². The number of hydrogen-bond acceptors (Lipinski definition) is 1. The van der Waals surface area contributed by atoms with Crippen LogP contribution in [0.1, 0.15) is 51.0 Å². The van der Waals surface area contributed by atoms with Crippen molar-refractivity contribution >= 4 is 11.6 Å². The lowest BCUT2D eigenvalue weighted by molar-refractivity contribution is 0.390. The number of benzene rings is 1. The van der Waals surface area contributed by atoms with Crippen molar-refractivity contribution in [1.29, 1.82) is 0 Å². The summed E-state index contributed by atoms with van der Waals surface area (Å²) in [5.74, 6) is 1.21. The first-order chi connectivity index (χ1) is 9.59. The summed E-state index contributed by atoms with van der Waals surface area (Å²) in [5.41, 5.74) is 0.720. The maximum atomic E-state index is 14.2. The van der Waals surface area contributed by atoms with E-state index in [2.05, 4.69) is 19.2 Å². The molecule has 0 aromatic heterocycles. The van der Waals surface area contributed by atoms with E-state index in [-0.39, 0.29) is 11.7 Å². The molecule has 1 aliphatic rings. The Morgan fingerprint density at radius 2 is 1.95 bits per heavy atom. The summed E-state index contributed by atoms with van der Waals surface area (Å²) < 4.78 is 14.2. The fraction of sp³-hybridized carbons (Fsp3) is 0.647. The van der Waals surface area contributed by atoms with Crippen LogP contribution >= 0.6 is 11.6 Å². The van der Waals surface area contributed by atoms with Crippen LogP contribution < -0.4 is 5.32 Å². The predicted molar refractivity (Wildman–Crippen MR) is 83.8 cm³/mol. The summed E-state index contributed by atoms with van der Waals surface area (Å²) in [4.78, 5) is 0. The van der Waals surface area contributed by atoms with Gasteiger partial charge in [0.1, 0.15) is 5.82 Å². The molecule has 0 saturated heterocycles. The van der Waals surface area contributed by atoms with Crippen LogP contribution in [0.2, 0.25) is 5.02 Å². The van der Waals surface area contributed by atoms with Gasteiger partial charge in [-0.3, -0.25) is 0 Å². The van der Waals surface area contributed by atoms with Gasteiger partial charge in [0.25, 0.3) is 0 Å². The Balaban J connectivity index is 2.16. The lowest BCUT2D eigenvalue weighted by atomic mass is 9.84. The van der Waals surface area contributed by atoms with Crippen LogP contribution in [-0.4, -0.2) is 13.1 Å². The van der Waals surface area contributed by atoms with E-state index in [4.69, 9.17) is 11.6 Å². The van der Waals surface area contributed by atoms with Crippen molar-refractivity contribution in [2.24, 2.45) is 11.8 Å². The minimum atomic E-state index is -0.152. The molecule has 1 saturated carbocycles. The van der Waals surface area contributed by atoms with Gasteiger partial charge < -0.3 is 5.32 Å². The zero-order valence-electron chi connectivity index (χ0n) is 12.5. The maximum Gasteiger partial charge on any atom is 0.128 e. The summed E-state index contributed by atoms with van der Waals surface area (Å²) in [7, 11) is 0. The van der Waals surface area contributed by atoms with E-state index >= 15 is 0 Å². The molecule has 1 N–H and O–H groups in total. The molecule has 0 heterocycles. The molecular formula is C17H25ClFN. The molecule has 1 aromatic carbocycles. The van der Waals surface area contributed by atoms with Crippen molar-refractivity contribution in [3.8, 4) is 0 Å². The molecule has 1 nitrogen and oxygen atoms in total. The molecule has 0 bridgehead atoms. The van der Waals surface area contributed by atoms with Crippen LogP contribution in [0, 0.1) is 17.7 Å². The average molecular weight is 298 g/mol. The number of nitrogens with one attached hydrogen (secondary N) is 1. The highest BCUT2D eigenvalue weighted by Crippen LogP contribution is 2.40. The lowest BCUT2D eigenvalue weighted by Gasteiger charge is -2.26. The number of hydrogen-bond donors (Lipinski definition) is 1. The third kappa shape index (κ3) is 3.95. The first-order valence-electron chi connectivity index (χ1n) is 7.74. The van der Waals surface area contributed by atoms with Crippen molar-refractivity contribution in [2.75, 3.05) is 13.1 Å². The van der Waals surface area contributed by atoms with Crippen LogP contribution in [0.4, 0.5) is 4.39 Å². The standard InChI is InChI=1S/C17H25ClFN/c1-12(2)10-20-11-14(13-6-3-4-7-13)17-15(18)8-5-9-16(17)19/h5,8-9,12-14,20H,3-4,6-7,10-11H2,1-2H3. The van der Waals surface area contributed by atoms with Gasteiger partial charge in [-0.25, -0.2) is 4.39 Å². The third-order valence-electron chi connectivity index (χ3n) is 4.26. The van der Waals surface area contributed by atoms with Crippen molar-refractivity contribution in [1.82, 2.24) is 5.32 Å². The quantitative estimate of drug-likeness (QED) is 0.779. The monoisotopic (exact) mass is 297 g/mol. The van der Waals surface area contributed by atoms with Gasteiger partial charge in [-0.05, 0) is 43.4 Å². The van der Waals surface area contributed by atoms with Gasteiger partial charge in [0.2, 0.25) is 0 Å². The van der Waals surface area contributed by atoms with Crippen LogP contribution in [-0.2, 0) is 0 Å². The average Bonchev–Trinajstić information content (AvgIpc) is 2.89. The van der Waals surface area contributed by atoms with Crippen LogP contribution in [0.3, 0.4) is 0 Å². The van der Waals surface area contributed by atoms with Gasteiger partial charge in [0, 0.05) is 23.0 Å². The molecule has 0 radical (unpaired) electrons. The molecule has 112 valence electrons.